The molecule has 0 saturated heterocycles. The second-order valence-corrected chi connectivity index (χ2v) is 5.89. The van der Waals surface area contributed by atoms with Gasteiger partial charge in [-0.3, -0.25) is 0 Å². The molecule has 0 heterocycles. The standard InChI is InChI=1S/C24H18/c1-2-7-20(8-3-1)21-16-13-19(14-17-21)15-18-23-11-6-10-22-9-4-5-12-24(22)23/h1-18H/b18-15+. The first-order valence-electron chi connectivity index (χ1n) is 8.21. The van der Waals surface area contributed by atoms with E-state index in [1.165, 1.54) is 33.0 Å². The molecule has 4 rings (SSSR count). The molecule has 0 aliphatic carbocycles. The highest BCUT2D eigenvalue weighted by atomic mass is 14.0. The highest BCUT2D eigenvalue weighted by Gasteiger charge is 1.98. The Balaban J connectivity index is 1.62. The monoisotopic (exact) mass is 306 g/mol. The molecule has 0 saturated carbocycles. The molecule has 0 radical (unpaired) electrons. The Morgan fingerprint density at radius 3 is 1.96 bits per heavy atom. The topological polar surface area (TPSA) is 0 Å². The first-order chi connectivity index (χ1) is 11.9. The molecule has 0 heteroatoms. The Morgan fingerprint density at radius 2 is 1.12 bits per heavy atom. The van der Waals surface area contributed by atoms with E-state index < -0.39 is 0 Å². The van der Waals surface area contributed by atoms with E-state index in [-0.39, 0.29) is 0 Å². The smallest absolute Gasteiger partial charge is 0.0111 e. The van der Waals surface area contributed by atoms with E-state index in [2.05, 4.69) is 103 Å². The fourth-order valence-electron chi connectivity index (χ4n) is 3.00. The molecule has 0 unspecified atom stereocenters. The van der Waals surface area contributed by atoms with E-state index in [0.29, 0.717) is 0 Å². The van der Waals surface area contributed by atoms with Crippen LogP contribution in [0.3, 0.4) is 0 Å². The van der Waals surface area contributed by atoms with Gasteiger partial charge in [-0.05, 0) is 33.0 Å². The van der Waals surface area contributed by atoms with Crippen LogP contribution in [0.2, 0.25) is 0 Å². The van der Waals surface area contributed by atoms with Crippen molar-refractivity contribution >= 4 is 22.9 Å². The summed E-state index contributed by atoms with van der Waals surface area (Å²) < 4.78 is 0. The van der Waals surface area contributed by atoms with Crippen LogP contribution in [-0.2, 0) is 0 Å². The Bertz CT molecular complexity index is 972. The fourth-order valence-corrected chi connectivity index (χ4v) is 3.00. The molecule has 0 amide bonds. The average molecular weight is 306 g/mol. The number of benzene rings is 4. The molecule has 0 fully saturated rings. The lowest BCUT2D eigenvalue weighted by atomic mass is 10.0. The minimum atomic E-state index is 1.21. The quantitative estimate of drug-likeness (QED) is 0.370. The van der Waals surface area contributed by atoms with Gasteiger partial charge in [0.25, 0.3) is 0 Å². The van der Waals surface area contributed by atoms with Crippen molar-refractivity contribution in [2.75, 3.05) is 0 Å². The van der Waals surface area contributed by atoms with Crippen LogP contribution in [0.25, 0.3) is 34.1 Å². The van der Waals surface area contributed by atoms with E-state index >= 15 is 0 Å². The van der Waals surface area contributed by atoms with Crippen LogP contribution < -0.4 is 0 Å². The first kappa shape index (κ1) is 14.5. The maximum atomic E-state index is 2.19. The van der Waals surface area contributed by atoms with Crippen LogP contribution in [0.4, 0.5) is 0 Å². The van der Waals surface area contributed by atoms with Crippen LogP contribution in [-0.4, -0.2) is 0 Å². The fraction of sp³-hybridized carbons (Fsp3) is 0. The van der Waals surface area contributed by atoms with Crippen LogP contribution in [0, 0.1) is 0 Å². The summed E-state index contributed by atoms with van der Waals surface area (Å²) in [4.78, 5) is 0. The summed E-state index contributed by atoms with van der Waals surface area (Å²) >= 11 is 0. The Kier molecular flexibility index (Phi) is 3.95. The summed E-state index contributed by atoms with van der Waals surface area (Å²) in [5.41, 5.74) is 4.96. The highest BCUT2D eigenvalue weighted by molar-refractivity contribution is 5.92. The lowest BCUT2D eigenvalue weighted by molar-refractivity contribution is 1.60. The predicted molar refractivity (Wildman–Crippen MR) is 105 cm³/mol. The molecule has 0 nitrogen and oxygen atoms in total. The van der Waals surface area contributed by atoms with Gasteiger partial charge < -0.3 is 0 Å². The molecule has 0 spiro atoms. The second kappa shape index (κ2) is 6.55. The van der Waals surface area contributed by atoms with Gasteiger partial charge in [0.05, 0.1) is 0 Å². The van der Waals surface area contributed by atoms with Crippen LogP contribution in [0.15, 0.2) is 97.1 Å². The van der Waals surface area contributed by atoms with Gasteiger partial charge in [0, 0.05) is 0 Å². The third-order valence-corrected chi connectivity index (χ3v) is 4.30. The second-order valence-electron chi connectivity index (χ2n) is 5.89. The molecule has 0 bridgehead atoms. The highest BCUT2D eigenvalue weighted by Crippen LogP contribution is 2.22. The Hall–Kier alpha value is -3.12. The van der Waals surface area contributed by atoms with Gasteiger partial charge >= 0.3 is 0 Å². The van der Waals surface area contributed by atoms with Crippen LogP contribution in [0.5, 0.6) is 0 Å². The summed E-state index contributed by atoms with van der Waals surface area (Å²) in [5.74, 6) is 0. The minimum Gasteiger partial charge on any atom is -0.0622 e. The molecular weight excluding hydrogens is 288 g/mol. The van der Waals surface area contributed by atoms with Crippen molar-refractivity contribution in [2.45, 2.75) is 0 Å². The van der Waals surface area contributed by atoms with Gasteiger partial charge in [-0.25, -0.2) is 0 Å². The molecule has 114 valence electrons. The Morgan fingerprint density at radius 1 is 0.458 bits per heavy atom. The molecule has 4 aromatic carbocycles. The molecule has 0 N–H and O–H groups in total. The van der Waals surface area contributed by atoms with Gasteiger partial charge in [-0.15, -0.1) is 0 Å². The number of hydrogen-bond acceptors (Lipinski definition) is 0. The maximum Gasteiger partial charge on any atom is -0.0111 e. The van der Waals surface area contributed by atoms with E-state index in [9.17, 15) is 0 Å². The van der Waals surface area contributed by atoms with Gasteiger partial charge in [0.15, 0.2) is 0 Å². The van der Waals surface area contributed by atoms with Crippen molar-refractivity contribution in [1.29, 1.82) is 0 Å². The third-order valence-electron chi connectivity index (χ3n) is 4.30. The SMILES string of the molecule is C(=C\c1cccc2ccccc12)/c1ccc(-c2ccccc2)cc1. The van der Waals surface area contributed by atoms with Gasteiger partial charge in [-0.2, -0.15) is 0 Å². The number of fused-ring (bicyclic) bond motifs is 1. The van der Waals surface area contributed by atoms with Crippen molar-refractivity contribution in [3.05, 3.63) is 108 Å². The molecule has 24 heavy (non-hydrogen) atoms. The van der Waals surface area contributed by atoms with Gasteiger partial charge in [0.1, 0.15) is 0 Å². The average Bonchev–Trinajstić information content (AvgIpc) is 2.67. The van der Waals surface area contributed by atoms with Crippen molar-refractivity contribution in [3.8, 4) is 11.1 Å². The van der Waals surface area contributed by atoms with E-state index in [1.54, 1.807) is 0 Å². The largest absolute Gasteiger partial charge is 0.0622 e. The van der Waals surface area contributed by atoms with Gasteiger partial charge in [0.2, 0.25) is 0 Å². The molecule has 4 aromatic rings. The summed E-state index contributed by atoms with van der Waals surface area (Å²) in [6.45, 7) is 0. The molecule has 0 aliphatic rings. The lowest BCUT2D eigenvalue weighted by Crippen LogP contribution is -1.79. The van der Waals surface area contributed by atoms with Crippen LogP contribution >= 0.6 is 0 Å². The minimum absolute atomic E-state index is 1.21. The molecule has 0 aliphatic heterocycles. The van der Waals surface area contributed by atoms with Crippen molar-refractivity contribution in [3.63, 3.8) is 0 Å². The summed E-state index contributed by atoms with van der Waals surface area (Å²) in [6.07, 6.45) is 4.37. The van der Waals surface area contributed by atoms with E-state index in [1.807, 2.05) is 6.07 Å². The zero-order valence-electron chi connectivity index (χ0n) is 13.4. The lowest BCUT2D eigenvalue weighted by Gasteiger charge is -2.03. The summed E-state index contributed by atoms with van der Waals surface area (Å²) in [5, 5.41) is 2.57. The number of rotatable bonds is 3. The van der Waals surface area contributed by atoms with Crippen molar-refractivity contribution < 1.29 is 0 Å². The number of hydrogen-bond donors (Lipinski definition) is 0. The van der Waals surface area contributed by atoms with Gasteiger partial charge in [-0.1, -0.05) is 109 Å². The predicted octanol–water partition coefficient (Wildman–Crippen LogP) is 6.68. The summed E-state index contributed by atoms with van der Waals surface area (Å²) in [7, 11) is 0. The zero-order chi connectivity index (χ0) is 16.2. The van der Waals surface area contributed by atoms with Crippen molar-refractivity contribution in [1.82, 2.24) is 0 Å². The van der Waals surface area contributed by atoms with Crippen LogP contribution in [0.1, 0.15) is 11.1 Å². The van der Waals surface area contributed by atoms with E-state index in [4.69, 9.17) is 0 Å². The molecular formula is C24H18. The maximum absolute atomic E-state index is 2.19. The zero-order valence-corrected chi connectivity index (χ0v) is 13.4. The Labute approximate surface area is 142 Å². The molecule has 0 aromatic heterocycles. The third kappa shape index (κ3) is 3.00. The first-order valence-corrected chi connectivity index (χ1v) is 8.21. The van der Waals surface area contributed by atoms with Crippen molar-refractivity contribution in [2.24, 2.45) is 0 Å². The van der Waals surface area contributed by atoms with E-state index in [0.717, 1.165) is 0 Å². The normalized spacial score (nSPS) is 11.2. The summed E-state index contributed by atoms with van der Waals surface area (Å²) in [6, 6.07) is 34.1. The molecule has 0 atom stereocenters.